The fraction of sp³-hybridized carbons (Fsp3) is 0.233. The van der Waals surface area contributed by atoms with Gasteiger partial charge < -0.3 is 29.0 Å². The summed E-state index contributed by atoms with van der Waals surface area (Å²) in [5.74, 6) is 2.64. The molecule has 2 aliphatic rings. The minimum absolute atomic E-state index is 0.190. The van der Waals surface area contributed by atoms with Crippen LogP contribution < -0.4 is 20.1 Å². The van der Waals surface area contributed by atoms with Crippen molar-refractivity contribution in [2.45, 2.75) is 24.4 Å². The van der Waals surface area contributed by atoms with Crippen molar-refractivity contribution in [3.63, 3.8) is 0 Å². The van der Waals surface area contributed by atoms with E-state index in [4.69, 9.17) is 23.7 Å². The van der Waals surface area contributed by atoms with Crippen LogP contribution in [0, 0.1) is 0 Å². The average Bonchev–Trinajstić information content (AvgIpc) is 3.58. The van der Waals surface area contributed by atoms with Gasteiger partial charge in [0.25, 0.3) is 0 Å². The number of rotatable bonds is 8. The van der Waals surface area contributed by atoms with Gasteiger partial charge in [-0.25, -0.2) is 14.8 Å². The Labute approximate surface area is 231 Å². The maximum absolute atomic E-state index is 12.6. The normalized spacial score (nSPS) is 21.3. The Morgan fingerprint density at radius 2 is 1.57 bits per heavy atom. The van der Waals surface area contributed by atoms with Crippen LogP contribution in [0.2, 0.25) is 0 Å². The van der Waals surface area contributed by atoms with Crippen molar-refractivity contribution < 1.29 is 28.5 Å². The summed E-state index contributed by atoms with van der Waals surface area (Å²) in [7, 11) is 1.63. The highest BCUT2D eigenvalue weighted by Gasteiger charge is 2.49. The molecule has 40 heavy (non-hydrogen) atoms. The molecule has 1 amide bonds. The van der Waals surface area contributed by atoms with Crippen LogP contribution in [0.25, 0.3) is 11.3 Å². The number of fused-ring (bicyclic) bond motifs is 1. The van der Waals surface area contributed by atoms with Gasteiger partial charge in [0.15, 0.2) is 6.10 Å². The van der Waals surface area contributed by atoms with Crippen molar-refractivity contribution in [1.82, 2.24) is 9.97 Å². The topological polar surface area (TPSA) is 113 Å². The molecule has 3 aromatic carbocycles. The van der Waals surface area contributed by atoms with E-state index in [1.807, 2.05) is 60.7 Å². The van der Waals surface area contributed by atoms with E-state index in [0.29, 0.717) is 24.0 Å². The van der Waals surface area contributed by atoms with E-state index in [1.165, 1.54) is 0 Å². The van der Waals surface area contributed by atoms with Crippen molar-refractivity contribution in [1.29, 1.82) is 0 Å². The number of benzene rings is 3. The zero-order valence-electron chi connectivity index (χ0n) is 21.7. The maximum atomic E-state index is 12.6. The summed E-state index contributed by atoms with van der Waals surface area (Å²) in [6.07, 6.45) is -0.116. The maximum Gasteiger partial charge on any atom is 0.412 e. The van der Waals surface area contributed by atoms with Crippen molar-refractivity contribution in [3.8, 4) is 28.5 Å². The second-order valence-electron chi connectivity index (χ2n) is 9.35. The molecule has 10 heteroatoms. The molecule has 6 rings (SSSR count). The number of carbonyl (C=O) groups is 1. The van der Waals surface area contributed by atoms with E-state index in [1.54, 1.807) is 37.6 Å². The lowest BCUT2D eigenvalue weighted by atomic mass is 10.1. The van der Waals surface area contributed by atoms with E-state index >= 15 is 0 Å². The number of ether oxygens (including phenoxy) is 5. The summed E-state index contributed by atoms with van der Waals surface area (Å²) in [4.78, 5) is 21.6. The molecule has 2 fully saturated rings. The molecule has 204 valence electrons. The number of carbonyl (C=O) groups excluding carboxylic acids is 1. The predicted octanol–water partition coefficient (Wildman–Crippen LogP) is 5.14. The summed E-state index contributed by atoms with van der Waals surface area (Å²) in [5, 5.41) is 6.06. The van der Waals surface area contributed by atoms with Crippen molar-refractivity contribution in [2.24, 2.45) is 0 Å². The lowest BCUT2D eigenvalue weighted by Crippen LogP contribution is -2.38. The van der Waals surface area contributed by atoms with Gasteiger partial charge in [-0.2, -0.15) is 0 Å². The zero-order valence-corrected chi connectivity index (χ0v) is 21.7. The number of anilines is 2. The van der Waals surface area contributed by atoms with Gasteiger partial charge in [-0.15, -0.1) is 0 Å². The van der Waals surface area contributed by atoms with Crippen molar-refractivity contribution in [3.05, 3.63) is 91.1 Å². The Bertz CT molecular complexity index is 1440. The number of amides is 1. The van der Waals surface area contributed by atoms with Crippen LogP contribution in [0.15, 0.2) is 91.1 Å². The molecule has 0 saturated carbocycles. The third-order valence-corrected chi connectivity index (χ3v) is 6.70. The van der Waals surface area contributed by atoms with E-state index in [9.17, 15) is 4.79 Å². The summed E-state index contributed by atoms with van der Waals surface area (Å²) in [6.45, 7) is 0.605. The molecule has 3 heterocycles. The lowest BCUT2D eigenvalue weighted by molar-refractivity contribution is 0.00917. The SMILES string of the molecule is COc1ccc(-c2ccnc(NC3COC4C(OC(=O)Nc5ccc(Oc6ccccc6)cc5)COC34)n2)cc1. The monoisotopic (exact) mass is 540 g/mol. The highest BCUT2D eigenvalue weighted by molar-refractivity contribution is 5.84. The van der Waals surface area contributed by atoms with Crippen molar-refractivity contribution in [2.75, 3.05) is 31.0 Å². The summed E-state index contributed by atoms with van der Waals surface area (Å²) in [6, 6.07) is 25.8. The molecule has 4 unspecified atom stereocenters. The van der Waals surface area contributed by atoms with Gasteiger partial charge in [0.05, 0.1) is 32.1 Å². The highest BCUT2D eigenvalue weighted by atomic mass is 16.6. The van der Waals surface area contributed by atoms with Crippen LogP contribution >= 0.6 is 0 Å². The Morgan fingerprint density at radius 3 is 2.35 bits per heavy atom. The van der Waals surface area contributed by atoms with Crippen LogP contribution in [0.3, 0.4) is 0 Å². The molecular formula is C30H28N4O6. The van der Waals surface area contributed by atoms with E-state index in [0.717, 1.165) is 22.8 Å². The average molecular weight is 541 g/mol. The van der Waals surface area contributed by atoms with Gasteiger partial charge in [-0.3, -0.25) is 5.32 Å². The molecule has 0 spiro atoms. The first-order valence-electron chi connectivity index (χ1n) is 12.9. The van der Waals surface area contributed by atoms with Gasteiger partial charge in [-0.05, 0) is 66.7 Å². The molecule has 0 bridgehead atoms. The molecule has 0 radical (unpaired) electrons. The molecule has 4 aromatic rings. The van der Waals surface area contributed by atoms with Gasteiger partial charge in [-0.1, -0.05) is 18.2 Å². The Kier molecular flexibility index (Phi) is 7.43. The summed E-state index contributed by atoms with van der Waals surface area (Å²) < 4.78 is 28.6. The second kappa shape index (κ2) is 11.6. The highest BCUT2D eigenvalue weighted by Crippen LogP contribution is 2.31. The van der Waals surface area contributed by atoms with E-state index in [-0.39, 0.29) is 18.8 Å². The fourth-order valence-electron chi connectivity index (χ4n) is 4.72. The Hall–Kier alpha value is -4.67. The first-order valence-corrected chi connectivity index (χ1v) is 12.9. The quantitative estimate of drug-likeness (QED) is 0.314. The first-order chi connectivity index (χ1) is 19.6. The minimum atomic E-state index is -0.582. The Morgan fingerprint density at radius 1 is 0.850 bits per heavy atom. The van der Waals surface area contributed by atoms with Gasteiger partial charge in [0, 0.05) is 17.4 Å². The largest absolute Gasteiger partial charge is 0.497 e. The molecule has 0 aliphatic carbocycles. The standard InChI is InChI=1S/C30H28N4O6/c1-36-21-11-7-19(8-12-21)24-15-16-31-29(33-24)34-25-17-37-28-26(18-38-27(25)28)40-30(35)32-20-9-13-23(14-10-20)39-22-5-3-2-4-6-22/h2-16,25-28H,17-18H2,1H3,(H,32,35)(H,31,33,34). The summed E-state index contributed by atoms with van der Waals surface area (Å²) in [5.41, 5.74) is 2.31. The molecular weight excluding hydrogens is 512 g/mol. The fourth-order valence-corrected chi connectivity index (χ4v) is 4.72. The smallest absolute Gasteiger partial charge is 0.412 e. The number of hydrogen-bond donors (Lipinski definition) is 2. The van der Waals surface area contributed by atoms with Gasteiger partial charge >= 0.3 is 6.09 Å². The van der Waals surface area contributed by atoms with Gasteiger partial charge in [0.2, 0.25) is 5.95 Å². The number of methoxy groups -OCH3 is 1. The van der Waals surface area contributed by atoms with Gasteiger partial charge in [0.1, 0.15) is 29.5 Å². The number of hydrogen-bond acceptors (Lipinski definition) is 9. The zero-order chi connectivity index (χ0) is 27.3. The minimum Gasteiger partial charge on any atom is -0.497 e. The van der Waals surface area contributed by atoms with E-state index < -0.39 is 18.3 Å². The number of para-hydroxylation sites is 1. The third-order valence-electron chi connectivity index (χ3n) is 6.70. The van der Waals surface area contributed by atoms with Crippen LogP contribution in [0.1, 0.15) is 0 Å². The molecule has 2 N–H and O–H groups in total. The van der Waals surface area contributed by atoms with Crippen LogP contribution in [-0.4, -0.2) is 60.7 Å². The predicted molar refractivity (Wildman–Crippen MR) is 148 cm³/mol. The van der Waals surface area contributed by atoms with Crippen LogP contribution in [0.4, 0.5) is 16.4 Å². The Balaban J connectivity index is 1.02. The molecule has 2 aliphatic heterocycles. The number of aromatic nitrogens is 2. The molecule has 2 saturated heterocycles. The van der Waals surface area contributed by atoms with Crippen LogP contribution in [0.5, 0.6) is 17.2 Å². The summed E-state index contributed by atoms with van der Waals surface area (Å²) >= 11 is 0. The number of nitrogens with one attached hydrogen (secondary N) is 2. The van der Waals surface area contributed by atoms with Crippen molar-refractivity contribution >= 4 is 17.7 Å². The lowest BCUT2D eigenvalue weighted by Gasteiger charge is -2.18. The molecule has 1 aromatic heterocycles. The number of nitrogens with zero attached hydrogens (tertiary/aromatic N) is 2. The molecule has 4 atom stereocenters. The van der Waals surface area contributed by atoms with Crippen LogP contribution in [-0.2, 0) is 14.2 Å². The third kappa shape index (κ3) is 5.83. The van der Waals surface area contributed by atoms with E-state index in [2.05, 4.69) is 20.6 Å². The second-order valence-corrected chi connectivity index (χ2v) is 9.35. The molecule has 10 nitrogen and oxygen atoms in total. The first kappa shape index (κ1) is 25.6.